The molecule has 0 atom stereocenters. The van der Waals surface area contributed by atoms with Crippen molar-refractivity contribution in [3.05, 3.63) is 192 Å². The van der Waals surface area contributed by atoms with Gasteiger partial charge in [0, 0.05) is 46.9 Å². The van der Waals surface area contributed by atoms with Gasteiger partial charge in [0.15, 0.2) is 0 Å². The number of para-hydroxylation sites is 1. The molecule has 7 aromatic carbocycles. The van der Waals surface area contributed by atoms with Gasteiger partial charge in [-0.25, -0.2) is 4.98 Å². The molecule has 0 aliphatic heterocycles. The number of aromatic nitrogens is 3. The van der Waals surface area contributed by atoms with E-state index in [1.807, 2.05) is 114 Å². The summed E-state index contributed by atoms with van der Waals surface area (Å²) in [7, 11) is 0. The van der Waals surface area contributed by atoms with Gasteiger partial charge in [0.05, 0.1) is 16.6 Å². The Labute approximate surface area is 382 Å². The van der Waals surface area contributed by atoms with E-state index in [0.29, 0.717) is 39.4 Å². The van der Waals surface area contributed by atoms with Crippen molar-refractivity contribution >= 4 is 11.0 Å². The first-order valence-corrected chi connectivity index (χ1v) is 20.3. The van der Waals surface area contributed by atoms with Gasteiger partial charge in [0.1, 0.15) is 11.6 Å². The second-order valence-corrected chi connectivity index (χ2v) is 15.9. The van der Waals surface area contributed by atoms with Crippen LogP contribution in [0.1, 0.15) is 70.0 Å². The monoisotopic (exact) mass is 979 g/mol. The number of phenols is 1. The summed E-state index contributed by atoms with van der Waals surface area (Å²) >= 11 is 0. The summed E-state index contributed by atoms with van der Waals surface area (Å²) in [6.45, 7) is 3.72. The number of nitrogens with zero attached hydrogens (tertiary/aromatic N) is 3. The van der Waals surface area contributed by atoms with Gasteiger partial charge in [-0.05, 0) is 100 Å². The van der Waals surface area contributed by atoms with Gasteiger partial charge < -0.3 is 5.11 Å². The molecule has 0 bridgehead atoms. The average Bonchev–Trinajstić information content (AvgIpc) is 3.71. The van der Waals surface area contributed by atoms with Crippen molar-refractivity contribution in [2.24, 2.45) is 0 Å². The third-order valence-electron chi connectivity index (χ3n) is 11.2. The standard InChI is InChI=1S/C56H48N3O.Pt/c1-35(2)43-32-50(36(3)4)55(60)51(33-43)56-58-54-49(18-13-19-53(54)59(56)47-24-25-48(38(6)28-47)41-16-11-8-12-17-41)45-29-44(39-14-9-7-10-15-39)30-46(31-45)52-34-42(26-27-57-52)40-22-20-37(5)21-23-40;/h7-30,32-36,60H,1-6H3;/q-1;/i5D3,6D3;. The van der Waals surface area contributed by atoms with Gasteiger partial charge in [-0.2, -0.15) is 0 Å². The van der Waals surface area contributed by atoms with Gasteiger partial charge >= 0.3 is 0 Å². The van der Waals surface area contributed by atoms with E-state index >= 15 is 0 Å². The summed E-state index contributed by atoms with van der Waals surface area (Å²) in [6.07, 6.45) is 1.75. The van der Waals surface area contributed by atoms with Gasteiger partial charge in [-0.1, -0.05) is 165 Å². The van der Waals surface area contributed by atoms with E-state index in [9.17, 15) is 5.11 Å². The normalized spacial score (nSPS) is 13.2. The molecule has 9 aromatic rings. The first-order chi connectivity index (χ1) is 31.5. The van der Waals surface area contributed by atoms with E-state index in [4.69, 9.17) is 18.2 Å². The van der Waals surface area contributed by atoms with Crippen LogP contribution in [0.25, 0.3) is 83.9 Å². The zero-order valence-corrected chi connectivity index (χ0v) is 36.6. The maximum atomic E-state index is 12.2. The summed E-state index contributed by atoms with van der Waals surface area (Å²) < 4.78 is 51.6. The molecule has 304 valence electrons. The fraction of sp³-hybridized carbons (Fsp3) is 0.143. The van der Waals surface area contributed by atoms with Crippen LogP contribution in [0.15, 0.2) is 164 Å². The van der Waals surface area contributed by atoms with Crippen LogP contribution in [-0.4, -0.2) is 19.6 Å². The Hall–Kier alpha value is -6.35. The molecule has 0 radical (unpaired) electrons. The van der Waals surface area contributed by atoms with Crippen LogP contribution < -0.4 is 0 Å². The van der Waals surface area contributed by atoms with E-state index in [2.05, 4.69) is 64.1 Å². The van der Waals surface area contributed by atoms with Crippen LogP contribution in [0.5, 0.6) is 5.75 Å². The molecule has 0 fully saturated rings. The van der Waals surface area contributed by atoms with E-state index < -0.39 is 13.7 Å². The van der Waals surface area contributed by atoms with Crippen molar-refractivity contribution in [2.75, 3.05) is 0 Å². The minimum absolute atomic E-state index is 0. The molecule has 1 N–H and O–H groups in total. The molecule has 0 spiro atoms. The van der Waals surface area contributed by atoms with Gasteiger partial charge in [0.25, 0.3) is 0 Å². The maximum absolute atomic E-state index is 12.2. The maximum Gasteiger partial charge on any atom is 0.148 e. The van der Waals surface area contributed by atoms with Crippen LogP contribution in [0.4, 0.5) is 0 Å². The second-order valence-electron chi connectivity index (χ2n) is 15.9. The van der Waals surface area contributed by atoms with Crippen molar-refractivity contribution in [2.45, 2.75) is 53.2 Å². The van der Waals surface area contributed by atoms with Gasteiger partial charge in [-0.3, -0.25) is 9.55 Å². The molecule has 0 unspecified atom stereocenters. The zero-order valence-electron chi connectivity index (χ0n) is 40.3. The molecule has 0 saturated carbocycles. The fourth-order valence-electron chi connectivity index (χ4n) is 7.99. The molecule has 4 nitrogen and oxygen atoms in total. The minimum Gasteiger partial charge on any atom is -0.507 e. The number of fused-ring (bicyclic) bond motifs is 1. The number of aryl methyl sites for hydroxylation is 2. The number of hydrogen-bond acceptors (Lipinski definition) is 3. The smallest absolute Gasteiger partial charge is 0.148 e. The van der Waals surface area contributed by atoms with Gasteiger partial charge in [-0.15, -0.1) is 23.8 Å². The molecule has 2 aromatic heterocycles. The van der Waals surface area contributed by atoms with Crippen molar-refractivity contribution < 1.29 is 34.4 Å². The quantitative estimate of drug-likeness (QED) is 0.147. The third kappa shape index (κ3) is 8.13. The molecule has 61 heavy (non-hydrogen) atoms. The van der Waals surface area contributed by atoms with E-state index in [1.54, 1.807) is 24.4 Å². The first kappa shape index (κ1) is 34.4. The minimum atomic E-state index is -2.44. The number of rotatable bonds is 9. The first-order valence-electron chi connectivity index (χ1n) is 23.3. The summed E-state index contributed by atoms with van der Waals surface area (Å²) in [4.78, 5) is 10.3. The van der Waals surface area contributed by atoms with Crippen molar-refractivity contribution in [3.8, 4) is 78.6 Å². The zero-order chi connectivity index (χ0) is 46.5. The summed E-state index contributed by atoms with van der Waals surface area (Å²) in [5, 5.41) is 12.2. The predicted octanol–water partition coefficient (Wildman–Crippen LogP) is 14.8. The molecular weight excluding hydrogens is 926 g/mol. The number of hydrogen-bond donors (Lipinski definition) is 1. The van der Waals surface area contributed by atoms with Crippen LogP contribution in [-0.2, 0) is 21.1 Å². The Bertz CT molecular complexity index is 3230. The molecule has 5 heteroatoms. The molecular formula is C56H48N3OPt-. The largest absolute Gasteiger partial charge is 0.507 e. The molecule has 0 saturated heterocycles. The molecule has 2 heterocycles. The Morgan fingerprint density at radius 3 is 2.02 bits per heavy atom. The topological polar surface area (TPSA) is 50.9 Å². The molecule has 0 aliphatic rings. The Balaban J connectivity index is 0.00000608. The van der Waals surface area contributed by atoms with E-state index in [-0.39, 0.29) is 49.8 Å². The number of pyridine rings is 1. The number of benzene rings is 7. The SMILES string of the molecule is [2H]C([2H])([2H])c1ccc(-c2ccnc(-c3[c-]c(-c4cccc5c4nc(-c4cc(C(C)C)cc(C(C)C)c4O)n5-c4ccc(-c5ccccc5)c(C([2H])([2H])[2H])c4)cc(-c4ccccc4)c3)c2)cc1.[Pt]. The summed E-state index contributed by atoms with van der Waals surface area (Å²) in [5.41, 5.74) is 12.9. The van der Waals surface area contributed by atoms with Gasteiger partial charge in [0.2, 0.25) is 0 Å². The van der Waals surface area contributed by atoms with Crippen molar-refractivity contribution in [1.29, 1.82) is 0 Å². The van der Waals surface area contributed by atoms with Crippen molar-refractivity contribution in [1.82, 2.24) is 14.5 Å². The Morgan fingerprint density at radius 1 is 0.590 bits per heavy atom. The number of imidazole rings is 1. The Morgan fingerprint density at radius 2 is 1.31 bits per heavy atom. The van der Waals surface area contributed by atoms with E-state index in [1.165, 1.54) is 0 Å². The summed E-state index contributed by atoms with van der Waals surface area (Å²) in [6, 6.07) is 53.9. The molecule has 9 rings (SSSR count). The predicted molar refractivity (Wildman–Crippen MR) is 250 cm³/mol. The summed E-state index contributed by atoms with van der Waals surface area (Å²) in [5.74, 6) is 0.763. The number of aromatic hydroxyl groups is 1. The van der Waals surface area contributed by atoms with Crippen LogP contribution in [0, 0.1) is 19.8 Å². The van der Waals surface area contributed by atoms with Crippen LogP contribution in [0.2, 0.25) is 0 Å². The molecule has 0 amide bonds. The second kappa shape index (κ2) is 17.3. The fourth-order valence-corrected chi connectivity index (χ4v) is 7.99. The Kier molecular flexibility index (Phi) is 9.76. The average molecular weight is 980 g/mol. The third-order valence-corrected chi connectivity index (χ3v) is 11.2. The van der Waals surface area contributed by atoms with Crippen molar-refractivity contribution in [3.63, 3.8) is 0 Å². The molecule has 0 aliphatic carbocycles. The van der Waals surface area contributed by atoms with Crippen LogP contribution in [0.3, 0.4) is 0 Å². The van der Waals surface area contributed by atoms with Crippen LogP contribution >= 0.6 is 0 Å². The van der Waals surface area contributed by atoms with E-state index in [0.717, 1.165) is 55.6 Å². The number of phenolic OH excluding ortho intramolecular Hbond substituents is 1.